The fourth-order valence-corrected chi connectivity index (χ4v) is 2.18. The Bertz CT molecular complexity index is 417. The number of hydrogen-bond donors (Lipinski definition) is 0. The van der Waals surface area contributed by atoms with Gasteiger partial charge in [0.25, 0.3) is 0 Å². The first-order chi connectivity index (χ1) is 9.17. The maximum Gasteiger partial charge on any atom is 0.163 e. The van der Waals surface area contributed by atoms with Crippen molar-refractivity contribution < 1.29 is 4.79 Å². The molecule has 0 aliphatic heterocycles. The van der Waals surface area contributed by atoms with Gasteiger partial charge in [0.15, 0.2) is 5.78 Å². The van der Waals surface area contributed by atoms with Crippen LogP contribution >= 0.6 is 11.6 Å². The lowest BCUT2D eigenvalue weighted by Crippen LogP contribution is -1.99. The van der Waals surface area contributed by atoms with Gasteiger partial charge in [-0.1, -0.05) is 49.9 Å². The molecule has 0 amide bonds. The monoisotopic (exact) mass is 278 g/mol. The summed E-state index contributed by atoms with van der Waals surface area (Å²) in [5, 5.41) is 0.672. The van der Waals surface area contributed by atoms with Crippen LogP contribution in [-0.4, -0.2) is 5.78 Å². The number of allylic oxidation sites excluding steroid dienone is 2. The second-order valence-electron chi connectivity index (χ2n) is 4.83. The molecule has 0 aliphatic carbocycles. The van der Waals surface area contributed by atoms with Gasteiger partial charge in [-0.3, -0.25) is 4.79 Å². The predicted octanol–water partition coefficient (Wildman–Crippen LogP) is 5.83. The minimum Gasteiger partial charge on any atom is -0.294 e. The molecule has 1 aromatic rings. The number of ketones is 1. The molecule has 0 spiro atoms. The Labute approximate surface area is 121 Å². The van der Waals surface area contributed by atoms with Gasteiger partial charge < -0.3 is 0 Å². The average molecular weight is 279 g/mol. The first kappa shape index (κ1) is 16.0. The summed E-state index contributed by atoms with van der Waals surface area (Å²) in [5.41, 5.74) is 2.18. The number of rotatable bonds is 8. The van der Waals surface area contributed by atoms with E-state index < -0.39 is 0 Å². The van der Waals surface area contributed by atoms with Gasteiger partial charge in [0.1, 0.15) is 0 Å². The maximum atomic E-state index is 12.1. The fourth-order valence-electron chi connectivity index (χ4n) is 2.05. The zero-order valence-corrected chi connectivity index (χ0v) is 12.7. The van der Waals surface area contributed by atoms with Crippen LogP contribution in [0.1, 0.15) is 62.7 Å². The summed E-state index contributed by atoms with van der Waals surface area (Å²) in [5.74, 6) is 0.204. The van der Waals surface area contributed by atoms with Gasteiger partial charge in [-0.05, 0) is 43.5 Å². The Kier molecular flexibility index (Phi) is 7.50. The molecule has 0 heterocycles. The molecule has 1 aromatic carbocycles. The lowest BCUT2D eigenvalue weighted by molar-refractivity contribution is 0.0982. The van der Waals surface area contributed by atoms with Crippen LogP contribution < -0.4 is 0 Å². The van der Waals surface area contributed by atoms with Crippen LogP contribution in [0.25, 0.3) is 0 Å². The van der Waals surface area contributed by atoms with Gasteiger partial charge in [-0.15, -0.1) is 0 Å². The van der Waals surface area contributed by atoms with E-state index in [0.29, 0.717) is 11.4 Å². The van der Waals surface area contributed by atoms with Crippen molar-refractivity contribution in [2.45, 2.75) is 52.4 Å². The second-order valence-corrected chi connectivity index (χ2v) is 5.27. The SMILES string of the molecule is CCC/C=C(\CCC)CCC(=O)c1ccc(Cl)cc1. The van der Waals surface area contributed by atoms with Gasteiger partial charge in [0, 0.05) is 17.0 Å². The number of carbonyl (C=O) groups excluding carboxylic acids is 1. The molecular formula is C17H23ClO. The molecule has 0 unspecified atom stereocenters. The fraction of sp³-hybridized carbons (Fsp3) is 0.471. The Morgan fingerprint density at radius 3 is 2.32 bits per heavy atom. The van der Waals surface area contributed by atoms with E-state index in [1.807, 2.05) is 0 Å². The first-order valence-corrected chi connectivity index (χ1v) is 7.51. The van der Waals surface area contributed by atoms with E-state index in [2.05, 4.69) is 19.9 Å². The van der Waals surface area contributed by atoms with Crippen molar-refractivity contribution in [3.63, 3.8) is 0 Å². The Balaban J connectivity index is 2.54. The molecule has 0 saturated carbocycles. The van der Waals surface area contributed by atoms with E-state index in [-0.39, 0.29) is 5.78 Å². The minimum absolute atomic E-state index is 0.204. The topological polar surface area (TPSA) is 17.1 Å². The molecule has 19 heavy (non-hydrogen) atoms. The Morgan fingerprint density at radius 1 is 1.05 bits per heavy atom. The second kappa shape index (κ2) is 8.92. The van der Waals surface area contributed by atoms with Crippen LogP contribution in [0.3, 0.4) is 0 Å². The summed E-state index contributed by atoms with van der Waals surface area (Å²) >= 11 is 5.82. The van der Waals surface area contributed by atoms with Crippen LogP contribution in [0.5, 0.6) is 0 Å². The Morgan fingerprint density at radius 2 is 1.74 bits per heavy atom. The molecule has 0 fully saturated rings. The van der Waals surface area contributed by atoms with E-state index in [0.717, 1.165) is 31.2 Å². The molecule has 0 aliphatic rings. The quantitative estimate of drug-likeness (QED) is 0.432. The summed E-state index contributed by atoms with van der Waals surface area (Å²) < 4.78 is 0. The third-order valence-electron chi connectivity index (χ3n) is 3.13. The molecule has 2 heteroatoms. The summed E-state index contributed by atoms with van der Waals surface area (Å²) in [6.07, 6.45) is 8.31. The molecule has 0 N–H and O–H groups in total. The van der Waals surface area contributed by atoms with E-state index in [4.69, 9.17) is 11.6 Å². The smallest absolute Gasteiger partial charge is 0.163 e. The molecule has 104 valence electrons. The van der Waals surface area contributed by atoms with Crippen LogP contribution in [0, 0.1) is 0 Å². The number of halogens is 1. The Hall–Kier alpha value is -1.08. The number of unbranched alkanes of at least 4 members (excludes halogenated alkanes) is 1. The highest BCUT2D eigenvalue weighted by atomic mass is 35.5. The highest BCUT2D eigenvalue weighted by molar-refractivity contribution is 6.30. The van der Waals surface area contributed by atoms with Crippen molar-refractivity contribution in [1.29, 1.82) is 0 Å². The van der Waals surface area contributed by atoms with E-state index in [9.17, 15) is 4.79 Å². The zero-order valence-electron chi connectivity index (χ0n) is 11.9. The van der Waals surface area contributed by atoms with Gasteiger partial charge in [0.05, 0.1) is 0 Å². The standard InChI is InChI=1S/C17H23ClO/c1-3-5-7-14(6-4-2)8-13-17(19)15-9-11-16(18)12-10-15/h7,9-12H,3-6,8,13H2,1-2H3/b14-7+. The van der Waals surface area contributed by atoms with Gasteiger partial charge in [-0.25, -0.2) is 0 Å². The van der Waals surface area contributed by atoms with Crippen molar-refractivity contribution in [1.82, 2.24) is 0 Å². The van der Waals surface area contributed by atoms with Crippen LogP contribution in [0.4, 0.5) is 0 Å². The van der Waals surface area contributed by atoms with Gasteiger partial charge >= 0.3 is 0 Å². The van der Waals surface area contributed by atoms with Gasteiger partial charge in [-0.2, -0.15) is 0 Å². The molecule has 0 aromatic heterocycles. The third-order valence-corrected chi connectivity index (χ3v) is 3.38. The summed E-state index contributed by atoms with van der Waals surface area (Å²) in [6.45, 7) is 4.36. The average Bonchev–Trinajstić information content (AvgIpc) is 2.42. The highest BCUT2D eigenvalue weighted by Crippen LogP contribution is 2.17. The minimum atomic E-state index is 0.204. The lowest BCUT2D eigenvalue weighted by Gasteiger charge is -2.06. The summed E-state index contributed by atoms with van der Waals surface area (Å²) in [4.78, 5) is 12.1. The molecular weight excluding hydrogens is 256 g/mol. The molecule has 0 bridgehead atoms. The van der Waals surface area contributed by atoms with Crippen LogP contribution in [0.15, 0.2) is 35.9 Å². The first-order valence-electron chi connectivity index (χ1n) is 7.14. The normalized spacial score (nSPS) is 11.6. The predicted molar refractivity (Wildman–Crippen MR) is 82.9 cm³/mol. The lowest BCUT2D eigenvalue weighted by atomic mass is 9.99. The summed E-state index contributed by atoms with van der Waals surface area (Å²) in [7, 11) is 0. The molecule has 1 nitrogen and oxygen atoms in total. The summed E-state index contributed by atoms with van der Waals surface area (Å²) in [6, 6.07) is 7.16. The highest BCUT2D eigenvalue weighted by Gasteiger charge is 2.07. The van der Waals surface area contributed by atoms with Gasteiger partial charge in [0.2, 0.25) is 0 Å². The van der Waals surface area contributed by atoms with Crippen molar-refractivity contribution in [2.75, 3.05) is 0 Å². The molecule has 0 saturated heterocycles. The number of benzene rings is 1. The maximum absolute atomic E-state index is 12.1. The van der Waals surface area contributed by atoms with Crippen molar-refractivity contribution in [3.05, 3.63) is 46.5 Å². The molecule has 0 atom stereocenters. The van der Waals surface area contributed by atoms with Crippen molar-refractivity contribution in [3.8, 4) is 0 Å². The van der Waals surface area contributed by atoms with Crippen LogP contribution in [0.2, 0.25) is 5.02 Å². The van der Waals surface area contributed by atoms with Crippen molar-refractivity contribution >= 4 is 17.4 Å². The largest absolute Gasteiger partial charge is 0.294 e. The third kappa shape index (κ3) is 6.07. The van der Waals surface area contributed by atoms with Crippen LogP contribution in [-0.2, 0) is 0 Å². The number of Topliss-reactive ketones (excluding diaryl/α,β-unsaturated/α-hetero) is 1. The van der Waals surface area contributed by atoms with E-state index in [1.54, 1.807) is 24.3 Å². The number of hydrogen-bond acceptors (Lipinski definition) is 1. The number of carbonyl (C=O) groups is 1. The van der Waals surface area contributed by atoms with E-state index in [1.165, 1.54) is 12.0 Å². The zero-order chi connectivity index (χ0) is 14.1. The molecule has 1 rings (SSSR count). The van der Waals surface area contributed by atoms with Crippen molar-refractivity contribution in [2.24, 2.45) is 0 Å². The van der Waals surface area contributed by atoms with E-state index >= 15 is 0 Å². The molecule has 0 radical (unpaired) electrons.